The topological polar surface area (TPSA) is 93.0 Å². The minimum Gasteiger partial charge on any atom is -0.508 e. The fourth-order valence-corrected chi connectivity index (χ4v) is 3.08. The van der Waals surface area contributed by atoms with E-state index in [1.54, 1.807) is 28.8 Å². The van der Waals surface area contributed by atoms with Gasteiger partial charge in [0.25, 0.3) is 0 Å². The average Bonchev–Trinajstić information content (AvgIpc) is 3.03. The zero-order chi connectivity index (χ0) is 19.7. The van der Waals surface area contributed by atoms with E-state index in [-0.39, 0.29) is 17.4 Å². The second-order valence-corrected chi connectivity index (χ2v) is 6.09. The van der Waals surface area contributed by atoms with Gasteiger partial charge in [-0.15, -0.1) is 0 Å². The van der Waals surface area contributed by atoms with Gasteiger partial charge in [-0.25, -0.2) is 4.39 Å². The van der Waals surface area contributed by atoms with Gasteiger partial charge in [0, 0.05) is 11.1 Å². The summed E-state index contributed by atoms with van der Waals surface area (Å²) in [5, 5.41) is 22.8. The second-order valence-electron chi connectivity index (χ2n) is 6.09. The third-order valence-electron chi connectivity index (χ3n) is 4.33. The average molecular weight is 377 g/mol. The first-order valence-corrected chi connectivity index (χ1v) is 8.42. The number of rotatable bonds is 4. The molecule has 28 heavy (non-hydrogen) atoms. The highest BCUT2D eigenvalue weighted by Crippen LogP contribution is 2.38. The molecule has 140 valence electrons. The molecule has 0 aliphatic rings. The lowest BCUT2D eigenvalue weighted by molar-refractivity contribution is 0.318. The van der Waals surface area contributed by atoms with Crippen molar-refractivity contribution in [3.63, 3.8) is 0 Å². The number of oxime groups is 1. The van der Waals surface area contributed by atoms with Crippen molar-refractivity contribution in [1.29, 1.82) is 0 Å². The zero-order valence-corrected chi connectivity index (χ0v) is 14.6. The third kappa shape index (κ3) is 2.99. The Kier molecular flexibility index (Phi) is 4.33. The maximum atomic E-state index is 13.3. The Hall–Kier alpha value is -4.00. The molecule has 3 aromatic carbocycles. The van der Waals surface area contributed by atoms with Crippen LogP contribution in [0.3, 0.4) is 0 Å². The number of phenolic OH excluding ortho intramolecular Hbond substituents is 1. The van der Waals surface area contributed by atoms with Crippen LogP contribution in [0.2, 0.25) is 0 Å². The van der Waals surface area contributed by atoms with E-state index in [1.165, 1.54) is 24.3 Å². The number of halogens is 1. The summed E-state index contributed by atoms with van der Waals surface area (Å²) in [5.41, 5.74) is 7.81. The van der Waals surface area contributed by atoms with Gasteiger partial charge in [-0.2, -0.15) is 0 Å². The molecule has 0 saturated carbocycles. The molecule has 0 amide bonds. The second kappa shape index (κ2) is 6.96. The van der Waals surface area contributed by atoms with Crippen LogP contribution in [-0.2, 0) is 0 Å². The number of benzene rings is 3. The normalized spacial score (nSPS) is 11.7. The number of ether oxygens (including phenoxy) is 1. The number of aromatic nitrogens is 1. The Morgan fingerprint density at radius 1 is 0.964 bits per heavy atom. The Bertz CT molecular complexity index is 1170. The molecule has 1 heterocycles. The molecule has 1 aromatic heterocycles. The van der Waals surface area contributed by atoms with Crippen molar-refractivity contribution in [3.05, 3.63) is 84.2 Å². The minimum absolute atomic E-state index is 0.120. The highest BCUT2D eigenvalue weighted by atomic mass is 19.1. The Morgan fingerprint density at radius 3 is 2.32 bits per heavy atom. The predicted octanol–water partition coefficient (Wildman–Crippen LogP) is 4.36. The summed E-state index contributed by atoms with van der Waals surface area (Å²) in [6.45, 7) is 0. The molecule has 0 atom stereocenters. The first-order chi connectivity index (χ1) is 13.6. The number of nitrogens with two attached hydrogens (primary N) is 1. The Balaban J connectivity index is 2.02. The lowest BCUT2D eigenvalue weighted by Gasteiger charge is -2.13. The van der Waals surface area contributed by atoms with Crippen molar-refractivity contribution in [2.45, 2.75) is 0 Å². The van der Waals surface area contributed by atoms with E-state index in [4.69, 9.17) is 10.5 Å². The summed E-state index contributed by atoms with van der Waals surface area (Å²) in [5.74, 6) is 0.303. The number of para-hydroxylation sites is 1. The lowest BCUT2D eigenvalue weighted by Crippen LogP contribution is -2.14. The molecule has 0 fully saturated rings. The Morgan fingerprint density at radius 2 is 1.64 bits per heavy atom. The molecule has 0 aliphatic heterocycles. The summed E-state index contributed by atoms with van der Waals surface area (Å²) >= 11 is 0. The zero-order valence-electron chi connectivity index (χ0n) is 14.6. The third-order valence-corrected chi connectivity index (χ3v) is 4.33. The quantitative estimate of drug-likeness (QED) is 0.213. The van der Waals surface area contributed by atoms with Gasteiger partial charge >= 0.3 is 0 Å². The van der Waals surface area contributed by atoms with Crippen molar-refractivity contribution in [2.75, 3.05) is 0 Å². The van der Waals surface area contributed by atoms with Crippen LogP contribution in [0.15, 0.2) is 78.0 Å². The van der Waals surface area contributed by atoms with Gasteiger partial charge in [-0.1, -0.05) is 23.4 Å². The van der Waals surface area contributed by atoms with Gasteiger partial charge in [0.15, 0.2) is 5.84 Å². The number of hydrogen-bond acceptors (Lipinski definition) is 4. The summed E-state index contributed by atoms with van der Waals surface area (Å²) in [6.07, 6.45) is 0. The molecule has 0 aliphatic carbocycles. The number of amidine groups is 1. The smallest absolute Gasteiger partial charge is 0.216 e. The van der Waals surface area contributed by atoms with E-state index in [9.17, 15) is 14.7 Å². The van der Waals surface area contributed by atoms with Crippen LogP contribution >= 0.6 is 0 Å². The van der Waals surface area contributed by atoms with E-state index >= 15 is 0 Å². The molecule has 0 bridgehead atoms. The van der Waals surface area contributed by atoms with Crippen molar-refractivity contribution in [1.82, 2.24) is 4.57 Å². The van der Waals surface area contributed by atoms with Gasteiger partial charge in [-0.05, 0) is 54.6 Å². The molecule has 4 rings (SSSR count). The molecule has 7 heteroatoms. The molecule has 4 N–H and O–H groups in total. The first-order valence-electron chi connectivity index (χ1n) is 8.42. The van der Waals surface area contributed by atoms with E-state index in [2.05, 4.69) is 5.16 Å². The monoisotopic (exact) mass is 377 g/mol. The molecule has 0 saturated heterocycles. The van der Waals surface area contributed by atoms with Crippen molar-refractivity contribution in [3.8, 4) is 23.1 Å². The number of aromatic hydroxyl groups is 1. The van der Waals surface area contributed by atoms with Crippen LogP contribution in [0.1, 0.15) is 5.56 Å². The predicted molar refractivity (Wildman–Crippen MR) is 104 cm³/mol. The van der Waals surface area contributed by atoms with Crippen LogP contribution in [0.5, 0.6) is 17.4 Å². The van der Waals surface area contributed by atoms with Crippen molar-refractivity contribution in [2.24, 2.45) is 10.9 Å². The molecular formula is C21H16FN3O3. The van der Waals surface area contributed by atoms with Gasteiger partial charge in [0.2, 0.25) is 5.88 Å². The fourth-order valence-electron chi connectivity index (χ4n) is 3.08. The Labute approximate surface area is 159 Å². The highest BCUT2D eigenvalue weighted by molar-refractivity contribution is 6.12. The lowest BCUT2D eigenvalue weighted by atomic mass is 10.1. The van der Waals surface area contributed by atoms with E-state index in [0.717, 1.165) is 5.52 Å². The van der Waals surface area contributed by atoms with Crippen LogP contribution < -0.4 is 10.5 Å². The van der Waals surface area contributed by atoms with E-state index in [0.29, 0.717) is 28.3 Å². The summed E-state index contributed by atoms with van der Waals surface area (Å²) in [7, 11) is 0. The number of nitrogens with zero attached hydrogens (tertiary/aromatic N) is 2. The van der Waals surface area contributed by atoms with Gasteiger partial charge in [0.05, 0.1) is 11.1 Å². The molecular weight excluding hydrogens is 361 g/mol. The van der Waals surface area contributed by atoms with Gasteiger partial charge in [0.1, 0.15) is 17.3 Å². The van der Waals surface area contributed by atoms with Gasteiger partial charge in [-0.3, -0.25) is 4.57 Å². The number of fused-ring (bicyclic) bond motifs is 1. The SMILES string of the molecule is N/C(=N\O)c1c(Oc2ccc(F)cc2)n(-c2ccc(O)cc2)c2ccccc12. The molecule has 0 spiro atoms. The van der Waals surface area contributed by atoms with Crippen LogP contribution in [0.4, 0.5) is 4.39 Å². The fraction of sp³-hybridized carbons (Fsp3) is 0. The number of phenols is 1. The maximum absolute atomic E-state index is 13.3. The maximum Gasteiger partial charge on any atom is 0.216 e. The van der Waals surface area contributed by atoms with Crippen LogP contribution in [0, 0.1) is 5.82 Å². The standard InChI is InChI=1S/C21H16FN3O3/c22-13-5-11-16(12-6-13)28-21-19(20(23)24-27)17-3-1-2-4-18(17)25(21)14-7-9-15(26)10-8-14/h1-12,26-27H,(H2,23,24). The van der Waals surface area contributed by atoms with E-state index < -0.39 is 0 Å². The molecule has 4 aromatic rings. The molecule has 6 nitrogen and oxygen atoms in total. The highest BCUT2D eigenvalue weighted by Gasteiger charge is 2.23. The van der Waals surface area contributed by atoms with Gasteiger partial charge < -0.3 is 20.8 Å². The summed E-state index contributed by atoms with van der Waals surface area (Å²) in [4.78, 5) is 0. The summed E-state index contributed by atoms with van der Waals surface area (Å²) < 4.78 is 21.1. The number of hydrogen-bond donors (Lipinski definition) is 3. The summed E-state index contributed by atoms with van der Waals surface area (Å²) in [6, 6.07) is 19.5. The molecule has 0 radical (unpaired) electrons. The van der Waals surface area contributed by atoms with Crippen LogP contribution in [-0.4, -0.2) is 20.7 Å². The molecule has 0 unspecified atom stereocenters. The largest absolute Gasteiger partial charge is 0.508 e. The van der Waals surface area contributed by atoms with Crippen LogP contribution in [0.25, 0.3) is 16.6 Å². The van der Waals surface area contributed by atoms with Crippen molar-refractivity contribution < 1.29 is 19.4 Å². The minimum atomic E-state index is -0.386. The van der Waals surface area contributed by atoms with E-state index in [1.807, 2.05) is 24.3 Å². The first kappa shape index (κ1) is 17.4. The van der Waals surface area contributed by atoms with Crippen molar-refractivity contribution >= 4 is 16.7 Å².